The number of hydrogen-bond acceptors (Lipinski definition) is 5. The van der Waals surface area contributed by atoms with Crippen LogP contribution in [-0.4, -0.2) is 33.1 Å². The number of aromatic nitrogens is 2. The molecule has 2 aromatic heterocycles. The summed E-state index contributed by atoms with van der Waals surface area (Å²) in [6.07, 6.45) is 0. The monoisotopic (exact) mass is 399 g/mol. The molecular formula is C20H21N3O4S. The third-order valence-corrected chi connectivity index (χ3v) is 5.32. The zero-order valence-electron chi connectivity index (χ0n) is 15.9. The summed E-state index contributed by atoms with van der Waals surface area (Å²) in [6.45, 7) is 5.88. The molecule has 7 nitrogen and oxygen atoms in total. The van der Waals surface area contributed by atoms with Crippen molar-refractivity contribution in [3.8, 4) is 0 Å². The number of benzene rings is 1. The minimum Gasteiger partial charge on any atom is -0.478 e. The van der Waals surface area contributed by atoms with Gasteiger partial charge in [-0.05, 0) is 19.1 Å². The highest BCUT2D eigenvalue weighted by atomic mass is 32.1. The third-order valence-electron chi connectivity index (χ3n) is 4.45. The van der Waals surface area contributed by atoms with E-state index >= 15 is 0 Å². The van der Waals surface area contributed by atoms with Crippen LogP contribution in [0, 0.1) is 0 Å². The number of para-hydroxylation sites is 1. The van der Waals surface area contributed by atoms with E-state index in [-0.39, 0.29) is 29.3 Å². The first-order valence-electron chi connectivity index (χ1n) is 8.95. The summed E-state index contributed by atoms with van der Waals surface area (Å²) in [5.41, 5.74) is 0.166. The van der Waals surface area contributed by atoms with E-state index in [0.717, 1.165) is 17.0 Å². The van der Waals surface area contributed by atoms with E-state index in [9.17, 15) is 19.5 Å². The Morgan fingerprint density at radius 3 is 2.50 bits per heavy atom. The second-order valence-electron chi connectivity index (χ2n) is 6.62. The average Bonchev–Trinajstić information content (AvgIpc) is 3.10. The number of anilines is 1. The van der Waals surface area contributed by atoms with Gasteiger partial charge in [-0.25, -0.2) is 9.78 Å². The summed E-state index contributed by atoms with van der Waals surface area (Å²) in [5, 5.41) is 10.8. The minimum absolute atomic E-state index is 0.0532. The number of fused-ring (bicyclic) bond motifs is 1. The molecule has 1 aromatic carbocycles. The number of likely N-dealkylation sites (N-methyl/N-ethyl adjacent to an activating group) is 1. The number of nitrogens with zero attached hydrogens (tertiary/aromatic N) is 3. The van der Waals surface area contributed by atoms with Crippen LogP contribution in [0.5, 0.6) is 0 Å². The molecule has 28 heavy (non-hydrogen) atoms. The summed E-state index contributed by atoms with van der Waals surface area (Å²) < 4.78 is 1.31. The van der Waals surface area contributed by atoms with E-state index in [1.807, 2.05) is 51.1 Å². The number of hydrogen-bond donors (Lipinski definition) is 1. The van der Waals surface area contributed by atoms with E-state index in [0.29, 0.717) is 17.2 Å². The predicted molar refractivity (Wildman–Crippen MR) is 109 cm³/mol. The Morgan fingerprint density at radius 1 is 1.25 bits per heavy atom. The molecule has 1 amide bonds. The van der Waals surface area contributed by atoms with Crippen molar-refractivity contribution in [2.45, 2.75) is 33.2 Å². The van der Waals surface area contributed by atoms with E-state index in [2.05, 4.69) is 4.98 Å². The second-order valence-corrected chi connectivity index (χ2v) is 7.48. The first kappa shape index (κ1) is 19.8. The van der Waals surface area contributed by atoms with Gasteiger partial charge in [0.05, 0.1) is 10.9 Å². The van der Waals surface area contributed by atoms with Crippen molar-refractivity contribution in [3.05, 3.63) is 57.5 Å². The molecule has 0 saturated heterocycles. The van der Waals surface area contributed by atoms with Gasteiger partial charge in [0.1, 0.15) is 17.2 Å². The Hall–Kier alpha value is -3.00. The summed E-state index contributed by atoms with van der Waals surface area (Å²) >= 11 is 1.12. The van der Waals surface area contributed by atoms with Crippen molar-refractivity contribution in [2.75, 3.05) is 11.4 Å². The third kappa shape index (κ3) is 3.55. The molecule has 0 atom stereocenters. The number of carboxylic acids is 1. The largest absolute Gasteiger partial charge is 0.478 e. The molecule has 8 heteroatoms. The van der Waals surface area contributed by atoms with Gasteiger partial charge in [0.25, 0.3) is 5.56 Å². The van der Waals surface area contributed by atoms with Gasteiger partial charge in [0.15, 0.2) is 0 Å². The smallest absolute Gasteiger partial charge is 0.337 e. The summed E-state index contributed by atoms with van der Waals surface area (Å²) in [4.78, 5) is 44.0. The summed E-state index contributed by atoms with van der Waals surface area (Å²) in [7, 11) is 0. The van der Waals surface area contributed by atoms with Crippen LogP contribution < -0.4 is 10.5 Å². The molecule has 0 aliphatic rings. The van der Waals surface area contributed by atoms with Crippen molar-refractivity contribution in [1.29, 1.82) is 0 Å². The fourth-order valence-corrected chi connectivity index (χ4v) is 4.03. The molecule has 0 aliphatic heterocycles. The Kier molecular flexibility index (Phi) is 5.60. The standard InChI is InChI=1S/C20H21N3O4S/c1-4-22(13-8-6-5-7-9-13)15(24)10-23-17(12(2)3)21-18-16(19(23)25)14(11-28-18)20(26)27/h5-9,11-12H,4,10H2,1-3H3,(H,26,27). The highest BCUT2D eigenvalue weighted by Crippen LogP contribution is 2.24. The van der Waals surface area contributed by atoms with Crippen LogP contribution in [0.1, 0.15) is 42.9 Å². The number of rotatable bonds is 6. The second kappa shape index (κ2) is 7.93. The van der Waals surface area contributed by atoms with Crippen molar-refractivity contribution < 1.29 is 14.7 Å². The SMILES string of the molecule is CCN(C(=O)Cn1c(C(C)C)nc2scc(C(=O)O)c2c1=O)c1ccccc1. The zero-order chi connectivity index (χ0) is 20.4. The molecule has 3 rings (SSSR count). The fourth-order valence-electron chi connectivity index (χ4n) is 3.12. The van der Waals surface area contributed by atoms with Crippen LogP contribution >= 0.6 is 11.3 Å². The molecule has 0 fully saturated rings. The van der Waals surface area contributed by atoms with Crippen molar-refractivity contribution in [1.82, 2.24) is 9.55 Å². The van der Waals surface area contributed by atoms with Crippen LogP contribution in [0.4, 0.5) is 5.69 Å². The lowest BCUT2D eigenvalue weighted by Crippen LogP contribution is -2.38. The molecule has 146 valence electrons. The minimum atomic E-state index is -1.18. The van der Waals surface area contributed by atoms with Gasteiger partial charge in [-0.3, -0.25) is 14.2 Å². The summed E-state index contributed by atoms with van der Waals surface area (Å²) in [6, 6.07) is 9.21. The molecule has 0 bridgehead atoms. The topological polar surface area (TPSA) is 92.5 Å². The molecule has 3 aromatic rings. The van der Waals surface area contributed by atoms with Crippen molar-refractivity contribution in [2.24, 2.45) is 0 Å². The Labute approximate surface area is 165 Å². The van der Waals surface area contributed by atoms with E-state index in [4.69, 9.17) is 0 Å². The molecule has 2 heterocycles. The fraction of sp³-hybridized carbons (Fsp3) is 0.300. The van der Waals surface area contributed by atoms with E-state index in [1.165, 1.54) is 9.95 Å². The molecule has 0 radical (unpaired) electrons. The van der Waals surface area contributed by atoms with Gasteiger partial charge in [-0.1, -0.05) is 32.0 Å². The quantitative estimate of drug-likeness (QED) is 0.686. The maximum absolute atomic E-state index is 13.1. The lowest BCUT2D eigenvalue weighted by atomic mass is 10.1. The first-order valence-corrected chi connectivity index (χ1v) is 9.83. The van der Waals surface area contributed by atoms with Crippen LogP contribution in [0.3, 0.4) is 0 Å². The lowest BCUT2D eigenvalue weighted by Gasteiger charge is -2.23. The molecule has 0 aliphatic carbocycles. The lowest BCUT2D eigenvalue weighted by molar-refractivity contribution is -0.119. The van der Waals surface area contributed by atoms with Crippen molar-refractivity contribution >= 4 is 39.1 Å². The molecule has 1 N–H and O–H groups in total. The predicted octanol–water partition coefficient (Wildman–Crippen LogP) is 3.33. The Morgan fingerprint density at radius 2 is 1.93 bits per heavy atom. The zero-order valence-corrected chi connectivity index (χ0v) is 16.7. The van der Waals surface area contributed by atoms with Gasteiger partial charge in [-0.15, -0.1) is 11.3 Å². The number of carboxylic acid groups (broad SMARTS) is 1. The number of amides is 1. The van der Waals surface area contributed by atoms with E-state index in [1.54, 1.807) is 4.90 Å². The van der Waals surface area contributed by atoms with Gasteiger partial charge in [-0.2, -0.15) is 0 Å². The van der Waals surface area contributed by atoms with Crippen LogP contribution in [0.2, 0.25) is 0 Å². The normalized spacial score (nSPS) is 11.1. The maximum atomic E-state index is 13.1. The highest BCUT2D eigenvalue weighted by Gasteiger charge is 2.23. The number of thiophene rings is 1. The van der Waals surface area contributed by atoms with Crippen LogP contribution in [-0.2, 0) is 11.3 Å². The number of carbonyl (C=O) groups is 2. The number of aromatic carboxylic acids is 1. The first-order chi connectivity index (χ1) is 13.3. The van der Waals surface area contributed by atoms with Crippen molar-refractivity contribution in [3.63, 3.8) is 0 Å². The van der Waals surface area contributed by atoms with E-state index < -0.39 is 11.5 Å². The average molecular weight is 399 g/mol. The number of carbonyl (C=O) groups excluding carboxylic acids is 1. The van der Waals surface area contributed by atoms with Gasteiger partial charge in [0, 0.05) is 23.5 Å². The van der Waals surface area contributed by atoms with Gasteiger partial charge < -0.3 is 10.0 Å². The Bertz CT molecular complexity index is 1090. The highest BCUT2D eigenvalue weighted by molar-refractivity contribution is 7.17. The van der Waals surface area contributed by atoms with Gasteiger partial charge in [0.2, 0.25) is 5.91 Å². The molecule has 0 spiro atoms. The van der Waals surface area contributed by atoms with Gasteiger partial charge >= 0.3 is 5.97 Å². The molecule has 0 saturated carbocycles. The van der Waals surface area contributed by atoms with Crippen LogP contribution in [0.25, 0.3) is 10.2 Å². The van der Waals surface area contributed by atoms with Crippen LogP contribution in [0.15, 0.2) is 40.5 Å². The molecular weight excluding hydrogens is 378 g/mol. The summed E-state index contributed by atoms with van der Waals surface area (Å²) in [5.74, 6) is -1.08. The maximum Gasteiger partial charge on any atom is 0.337 e. The Balaban J connectivity index is 2.10. The molecule has 0 unspecified atom stereocenters.